The number of rotatable bonds is 7. The first-order valence-electron chi connectivity index (χ1n) is 7.65. The van der Waals surface area contributed by atoms with Crippen molar-refractivity contribution >= 4 is 17.6 Å². The zero-order chi connectivity index (χ0) is 19.2. The molecule has 0 aliphatic heterocycles. The second-order valence-electron chi connectivity index (χ2n) is 5.55. The van der Waals surface area contributed by atoms with E-state index < -0.39 is 29.9 Å². The predicted molar refractivity (Wildman–Crippen MR) is 87.6 cm³/mol. The van der Waals surface area contributed by atoms with E-state index in [1.54, 1.807) is 30.3 Å². The Morgan fingerprint density at radius 3 is 2.19 bits per heavy atom. The molecule has 2 aromatic carbocycles. The molecule has 0 spiro atoms. The topological polar surface area (TPSA) is 75.6 Å². The summed E-state index contributed by atoms with van der Waals surface area (Å²) in [7, 11) is 0. The maximum absolute atomic E-state index is 12.4. The van der Waals surface area contributed by atoms with E-state index in [1.165, 1.54) is 12.1 Å². The molecule has 0 unspecified atom stereocenters. The van der Waals surface area contributed by atoms with E-state index in [0.717, 1.165) is 17.7 Å². The Morgan fingerprint density at radius 1 is 1.04 bits per heavy atom. The molecule has 0 heterocycles. The first kappa shape index (κ1) is 19.3. The summed E-state index contributed by atoms with van der Waals surface area (Å²) >= 11 is 0. The summed E-state index contributed by atoms with van der Waals surface area (Å²) < 4.78 is 40.2. The molecule has 2 aromatic rings. The standard InChI is InChI=1S/C18H16F3NO4/c19-18(20,21)26-15-8-6-14(7-9-15)22-17(25)13(11-16(23)24)10-12-4-2-1-3-5-12/h1-9,13H,10-11H2,(H,22,25)(H,23,24)/t13-/m1/s1. The van der Waals surface area contributed by atoms with Crippen LogP contribution in [0.3, 0.4) is 0 Å². The van der Waals surface area contributed by atoms with Gasteiger partial charge in [-0.1, -0.05) is 30.3 Å². The van der Waals surface area contributed by atoms with Crippen LogP contribution in [0.25, 0.3) is 0 Å². The quantitative estimate of drug-likeness (QED) is 0.779. The van der Waals surface area contributed by atoms with Crippen molar-refractivity contribution in [2.24, 2.45) is 5.92 Å². The summed E-state index contributed by atoms with van der Waals surface area (Å²) in [6.45, 7) is 0. The highest BCUT2D eigenvalue weighted by molar-refractivity contribution is 5.94. The van der Waals surface area contributed by atoms with E-state index in [4.69, 9.17) is 5.11 Å². The predicted octanol–water partition coefficient (Wildman–Crippen LogP) is 3.86. The third kappa shape index (κ3) is 6.46. The van der Waals surface area contributed by atoms with Crippen molar-refractivity contribution in [3.63, 3.8) is 0 Å². The number of carboxylic acid groups (broad SMARTS) is 1. The van der Waals surface area contributed by atoms with E-state index in [2.05, 4.69) is 10.1 Å². The number of hydrogen-bond donors (Lipinski definition) is 2. The van der Waals surface area contributed by atoms with Crippen LogP contribution in [-0.4, -0.2) is 23.3 Å². The van der Waals surface area contributed by atoms with Crippen molar-refractivity contribution < 1.29 is 32.6 Å². The van der Waals surface area contributed by atoms with Gasteiger partial charge in [-0.15, -0.1) is 13.2 Å². The molecule has 0 aliphatic carbocycles. The number of benzene rings is 2. The minimum absolute atomic E-state index is 0.230. The molecule has 2 N–H and O–H groups in total. The highest BCUT2D eigenvalue weighted by Crippen LogP contribution is 2.24. The number of carbonyl (C=O) groups excluding carboxylic acids is 1. The van der Waals surface area contributed by atoms with Crippen LogP contribution in [0.1, 0.15) is 12.0 Å². The summed E-state index contributed by atoms with van der Waals surface area (Å²) in [6.07, 6.45) is -4.93. The third-order valence-electron chi connectivity index (χ3n) is 3.47. The normalized spacial score (nSPS) is 12.3. The van der Waals surface area contributed by atoms with Crippen LogP contribution < -0.4 is 10.1 Å². The number of amides is 1. The van der Waals surface area contributed by atoms with Gasteiger partial charge in [-0.3, -0.25) is 9.59 Å². The lowest BCUT2D eigenvalue weighted by Crippen LogP contribution is -2.27. The Balaban J connectivity index is 2.05. The minimum Gasteiger partial charge on any atom is -0.481 e. The van der Waals surface area contributed by atoms with E-state index in [1.807, 2.05) is 0 Å². The van der Waals surface area contributed by atoms with Crippen LogP contribution >= 0.6 is 0 Å². The maximum Gasteiger partial charge on any atom is 0.573 e. The fraction of sp³-hybridized carbons (Fsp3) is 0.222. The average molecular weight is 367 g/mol. The lowest BCUT2D eigenvalue weighted by Gasteiger charge is -2.15. The number of alkyl halides is 3. The van der Waals surface area contributed by atoms with Crippen molar-refractivity contribution in [1.29, 1.82) is 0 Å². The Labute approximate surface area is 147 Å². The molecule has 0 aromatic heterocycles. The summed E-state index contributed by atoms with van der Waals surface area (Å²) in [4.78, 5) is 23.4. The van der Waals surface area contributed by atoms with Crippen LogP contribution in [0.2, 0.25) is 0 Å². The SMILES string of the molecule is O=C(O)C[C@@H](Cc1ccccc1)C(=O)Nc1ccc(OC(F)(F)F)cc1. The molecule has 0 aliphatic rings. The Morgan fingerprint density at radius 2 is 1.65 bits per heavy atom. The summed E-state index contributed by atoms with van der Waals surface area (Å²) in [5, 5.41) is 11.5. The summed E-state index contributed by atoms with van der Waals surface area (Å²) in [5.41, 5.74) is 1.05. The van der Waals surface area contributed by atoms with E-state index in [0.29, 0.717) is 0 Å². The number of carbonyl (C=O) groups is 2. The molecule has 0 saturated heterocycles. The first-order chi connectivity index (χ1) is 12.2. The second-order valence-corrected chi connectivity index (χ2v) is 5.55. The number of aliphatic carboxylic acids is 1. The number of anilines is 1. The van der Waals surface area contributed by atoms with Crippen LogP contribution in [0.4, 0.5) is 18.9 Å². The van der Waals surface area contributed by atoms with Crippen molar-refractivity contribution in [2.75, 3.05) is 5.32 Å². The second kappa shape index (κ2) is 8.37. The van der Waals surface area contributed by atoms with Crippen molar-refractivity contribution in [2.45, 2.75) is 19.2 Å². The van der Waals surface area contributed by atoms with Gasteiger partial charge in [-0.05, 0) is 36.2 Å². The van der Waals surface area contributed by atoms with E-state index in [9.17, 15) is 22.8 Å². The van der Waals surface area contributed by atoms with Gasteiger partial charge >= 0.3 is 12.3 Å². The minimum atomic E-state index is -4.80. The monoisotopic (exact) mass is 367 g/mol. The fourth-order valence-corrected chi connectivity index (χ4v) is 2.35. The number of ether oxygens (including phenoxy) is 1. The smallest absolute Gasteiger partial charge is 0.481 e. The molecule has 138 valence electrons. The molecule has 0 radical (unpaired) electrons. The highest BCUT2D eigenvalue weighted by atomic mass is 19.4. The van der Waals surface area contributed by atoms with Crippen molar-refractivity contribution in [1.82, 2.24) is 0 Å². The van der Waals surface area contributed by atoms with Gasteiger partial charge in [0.05, 0.1) is 12.3 Å². The molecule has 8 heteroatoms. The lowest BCUT2D eigenvalue weighted by atomic mass is 9.95. The Bertz CT molecular complexity index is 745. The fourth-order valence-electron chi connectivity index (χ4n) is 2.35. The van der Waals surface area contributed by atoms with Gasteiger partial charge in [0, 0.05) is 5.69 Å². The molecule has 0 bridgehead atoms. The third-order valence-corrected chi connectivity index (χ3v) is 3.47. The van der Waals surface area contributed by atoms with Gasteiger partial charge in [0.1, 0.15) is 5.75 Å². The van der Waals surface area contributed by atoms with Crippen molar-refractivity contribution in [3.05, 3.63) is 60.2 Å². The molecule has 5 nitrogen and oxygen atoms in total. The van der Waals surface area contributed by atoms with Gasteiger partial charge in [-0.25, -0.2) is 0 Å². The molecule has 1 atom stereocenters. The molecule has 0 saturated carbocycles. The van der Waals surface area contributed by atoms with Crippen molar-refractivity contribution in [3.8, 4) is 5.75 Å². The number of carboxylic acids is 1. The molecular formula is C18H16F3NO4. The first-order valence-corrected chi connectivity index (χ1v) is 7.65. The van der Waals surface area contributed by atoms with Gasteiger partial charge in [-0.2, -0.15) is 0 Å². The zero-order valence-electron chi connectivity index (χ0n) is 13.5. The van der Waals surface area contributed by atoms with Crippen LogP contribution in [0, 0.1) is 5.92 Å². The van der Waals surface area contributed by atoms with E-state index in [-0.39, 0.29) is 18.5 Å². The van der Waals surface area contributed by atoms with Gasteiger partial charge in [0.2, 0.25) is 5.91 Å². The van der Waals surface area contributed by atoms with Crippen LogP contribution in [0.15, 0.2) is 54.6 Å². The Hall–Kier alpha value is -3.03. The van der Waals surface area contributed by atoms with Gasteiger partial charge in [0.25, 0.3) is 0 Å². The number of hydrogen-bond acceptors (Lipinski definition) is 3. The lowest BCUT2D eigenvalue weighted by molar-refractivity contribution is -0.274. The highest BCUT2D eigenvalue weighted by Gasteiger charge is 2.31. The Kier molecular flexibility index (Phi) is 6.21. The van der Waals surface area contributed by atoms with Gasteiger partial charge < -0.3 is 15.2 Å². The summed E-state index contributed by atoms with van der Waals surface area (Å²) in [5.74, 6) is -2.88. The average Bonchev–Trinajstić information content (AvgIpc) is 2.55. The van der Waals surface area contributed by atoms with Crippen LogP contribution in [-0.2, 0) is 16.0 Å². The van der Waals surface area contributed by atoms with E-state index >= 15 is 0 Å². The zero-order valence-corrected chi connectivity index (χ0v) is 13.5. The maximum atomic E-state index is 12.4. The number of halogens is 3. The molecule has 2 rings (SSSR count). The number of nitrogens with one attached hydrogen (secondary N) is 1. The molecular weight excluding hydrogens is 351 g/mol. The van der Waals surface area contributed by atoms with Gasteiger partial charge in [0.15, 0.2) is 0 Å². The molecule has 0 fully saturated rings. The summed E-state index contributed by atoms with van der Waals surface area (Å²) in [6, 6.07) is 13.6. The largest absolute Gasteiger partial charge is 0.573 e. The molecule has 1 amide bonds. The molecule has 26 heavy (non-hydrogen) atoms. The van der Waals surface area contributed by atoms with Crippen LogP contribution in [0.5, 0.6) is 5.75 Å².